The Morgan fingerprint density at radius 2 is 1.67 bits per heavy atom. The van der Waals surface area contributed by atoms with Gasteiger partial charge in [-0.25, -0.2) is 0 Å². The van der Waals surface area contributed by atoms with Gasteiger partial charge in [0.2, 0.25) is 0 Å². The predicted molar refractivity (Wildman–Crippen MR) is 94.7 cm³/mol. The zero-order valence-electron chi connectivity index (χ0n) is 12.4. The van der Waals surface area contributed by atoms with Crippen LogP contribution in [0, 0.1) is 0 Å². The summed E-state index contributed by atoms with van der Waals surface area (Å²) in [5.41, 5.74) is 0.918. The Kier molecular flexibility index (Phi) is 4.99. The molecular formula is C17H12Cl3NO3. The fraction of sp³-hybridized carbons (Fsp3) is 0.176. The van der Waals surface area contributed by atoms with Crippen molar-refractivity contribution in [1.82, 2.24) is 0 Å². The Morgan fingerprint density at radius 3 is 2.46 bits per heavy atom. The number of carbonyl (C=O) groups is 2. The number of nitrogens with zero attached hydrogens (tertiary/aromatic N) is 1. The van der Waals surface area contributed by atoms with E-state index in [9.17, 15) is 9.59 Å². The van der Waals surface area contributed by atoms with Gasteiger partial charge in [-0.2, -0.15) is 0 Å². The number of ether oxygens (including phenoxy) is 1. The number of anilines is 1. The lowest BCUT2D eigenvalue weighted by atomic mass is 10.1. The van der Waals surface area contributed by atoms with E-state index in [1.54, 1.807) is 30.3 Å². The number of fused-ring (bicyclic) bond motifs is 1. The Hall–Kier alpha value is -1.75. The van der Waals surface area contributed by atoms with Crippen LogP contribution in [-0.4, -0.2) is 24.8 Å². The topological polar surface area (TPSA) is 46.6 Å². The summed E-state index contributed by atoms with van der Waals surface area (Å²) >= 11 is 17.8. The summed E-state index contributed by atoms with van der Waals surface area (Å²) in [6.07, 6.45) is 0.532. The molecule has 24 heavy (non-hydrogen) atoms. The summed E-state index contributed by atoms with van der Waals surface area (Å²) in [5, 5.41) is 1.42. The van der Waals surface area contributed by atoms with Crippen molar-refractivity contribution < 1.29 is 14.3 Å². The molecule has 0 atom stereocenters. The zero-order chi connectivity index (χ0) is 17.3. The first kappa shape index (κ1) is 17.1. The molecule has 4 nitrogen and oxygen atoms in total. The van der Waals surface area contributed by atoms with Gasteiger partial charge >= 0.3 is 0 Å². The molecule has 0 bridgehead atoms. The second kappa shape index (κ2) is 7.01. The van der Waals surface area contributed by atoms with E-state index in [2.05, 4.69) is 0 Å². The van der Waals surface area contributed by atoms with Crippen LogP contribution in [0.2, 0.25) is 15.1 Å². The first-order chi connectivity index (χ1) is 11.5. The van der Waals surface area contributed by atoms with Crippen LogP contribution >= 0.6 is 34.8 Å². The van der Waals surface area contributed by atoms with Crippen LogP contribution in [0.4, 0.5) is 5.69 Å². The van der Waals surface area contributed by atoms with Gasteiger partial charge in [0.25, 0.3) is 11.7 Å². The second-order valence-electron chi connectivity index (χ2n) is 5.22. The van der Waals surface area contributed by atoms with E-state index in [4.69, 9.17) is 39.5 Å². The molecule has 3 rings (SSSR count). The third-order valence-electron chi connectivity index (χ3n) is 3.61. The maximum absolute atomic E-state index is 12.1. The number of amides is 1. The number of Topliss-reactive ketones (excluding diaryl/α,β-unsaturated/α-hetero) is 1. The van der Waals surface area contributed by atoms with Crippen LogP contribution in [-0.2, 0) is 4.79 Å². The van der Waals surface area contributed by atoms with Gasteiger partial charge < -0.3 is 9.64 Å². The fourth-order valence-corrected chi connectivity index (χ4v) is 2.99. The molecule has 0 saturated heterocycles. The maximum Gasteiger partial charge on any atom is 0.299 e. The Balaban J connectivity index is 1.62. The monoisotopic (exact) mass is 383 g/mol. The lowest BCUT2D eigenvalue weighted by Crippen LogP contribution is -2.31. The molecule has 0 aromatic heterocycles. The largest absolute Gasteiger partial charge is 0.492 e. The van der Waals surface area contributed by atoms with Gasteiger partial charge in [0.15, 0.2) is 0 Å². The molecule has 124 valence electrons. The van der Waals surface area contributed by atoms with E-state index >= 15 is 0 Å². The summed E-state index contributed by atoms with van der Waals surface area (Å²) in [6.45, 7) is 0.693. The molecule has 0 radical (unpaired) electrons. The van der Waals surface area contributed by atoms with Crippen molar-refractivity contribution in [3.63, 3.8) is 0 Å². The van der Waals surface area contributed by atoms with Crippen LogP contribution < -0.4 is 9.64 Å². The highest BCUT2D eigenvalue weighted by atomic mass is 35.5. The van der Waals surface area contributed by atoms with Crippen molar-refractivity contribution >= 4 is 52.2 Å². The quantitative estimate of drug-likeness (QED) is 0.557. The van der Waals surface area contributed by atoms with Crippen LogP contribution in [0.5, 0.6) is 5.75 Å². The zero-order valence-corrected chi connectivity index (χ0v) is 14.7. The Morgan fingerprint density at radius 1 is 0.958 bits per heavy atom. The van der Waals surface area contributed by atoms with Crippen LogP contribution in [0.15, 0.2) is 36.4 Å². The smallest absolute Gasteiger partial charge is 0.299 e. The number of hydrogen-bond acceptors (Lipinski definition) is 3. The molecule has 1 amide bonds. The summed E-state index contributed by atoms with van der Waals surface area (Å²) in [5.74, 6) is -0.598. The van der Waals surface area contributed by atoms with E-state index < -0.39 is 11.7 Å². The molecule has 0 unspecified atom stereocenters. The van der Waals surface area contributed by atoms with Crippen molar-refractivity contribution in [2.45, 2.75) is 6.42 Å². The Bertz CT molecular complexity index is 823. The van der Waals surface area contributed by atoms with Crippen molar-refractivity contribution in [3.8, 4) is 5.75 Å². The van der Waals surface area contributed by atoms with Gasteiger partial charge in [-0.05, 0) is 36.8 Å². The first-order valence-electron chi connectivity index (χ1n) is 7.21. The number of hydrogen-bond donors (Lipinski definition) is 0. The normalized spacial score (nSPS) is 13.4. The minimum atomic E-state index is -0.548. The third-order valence-corrected chi connectivity index (χ3v) is 4.39. The number of halogens is 3. The lowest BCUT2D eigenvalue weighted by molar-refractivity contribution is -0.114. The van der Waals surface area contributed by atoms with Crippen molar-refractivity contribution in [1.29, 1.82) is 0 Å². The van der Waals surface area contributed by atoms with Gasteiger partial charge in [0.1, 0.15) is 5.75 Å². The molecule has 1 aliphatic rings. The van der Waals surface area contributed by atoms with E-state index in [1.165, 1.54) is 11.0 Å². The van der Waals surface area contributed by atoms with Crippen LogP contribution in [0.25, 0.3) is 0 Å². The van der Waals surface area contributed by atoms with Crippen molar-refractivity contribution in [2.24, 2.45) is 0 Å². The minimum absolute atomic E-state index is 0.334. The number of carbonyl (C=O) groups excluding carboxylic acids is 2. The molecule has 0 N–H and O–H groups in total. The molecule has 0 aliphatic carbocycles. The molecular weight excluding hydrogens is 373 g/mol. The van der Waals surface area contributed by atoms with Gasteiger partial charge in [-0.1, -0.05) is 34.8 Å². The fourth-order valence-electron chi connectivity index (χ4n) is 2.49. The molecule has 1 heterocycles. The number of ketones is 1. The predicted octanol–water partition coefficient (Wildman–Crippen LogP) is 4.65. The SMILES string of the molecule is O=C1C(=O)N(CCCOc2cc(Cl)ccc2Cl)c2ccc(Cl)cc21. The van der Waals surface area contributed by atoms with Crippen molar-refractivity contribution in [2.75, 3.05) is 18.1 Å². The van der Waals surface area contributed by atoms with Gasteiger partial charge in [0, 0.05) is 22.7 Å². The lowest BCUT2D eigenvalue weighted by Gasteiger charge is -2.16. The minimum Gasteiger partial charge on any atom is -0.492 e. The summed E-state index contributed by atoms with van der Waals surface area (Å²) in [4.78, 5) is 25.5. The third kappa shape index (κ3) is 3.36. The highest BCUT2D eigenvalue weighted by Crippen LogP contribution is 2.31. The molecule has 2 aromatic rings. The average Bonchev–Trinajstić information content (AvgIpc) is 2.79. The summed E-state index contributed by atoms with van der Waals surface area (Å²) in [7, 11) is 0. The molecule has 1 aliphatic heterocycles. The van der Waals surface area contributed by atoms with Crippen molar-refractivity contribution in [3.05, 3.63) is 57.0 Å². The van der Waals surface area contributed by atoms with E-state index in [-0.39, 0.29) is 0 Å². The van der Waals surface area contributed by atoms with Gasteiger partial charge in [0.05, 0.1) is 22.9 Å². The average molecular weight is 385 g/mol. The van der Waals surface area contributed by atoms with Gasteiger partial charge in [-0.15, -0.1) is 0 Å². The van der Waals surface area contributed by atoms with Gasteiger partial charge in [-0.3, -0.25) is 9.59 Å². The highest BCUT2D eigenvalue weighted by molar-refractivity contribution is 6.52. The molecule has 7 heteroatoms. The number of benzene rings is 2. The maximum atomic E-state index is 12.1. The Labute approximate surface area is 153 Å². The summed E-state index contributed by atoms with van der Waals surface area (Å²) in [6, 6.07) is 9.80. The highest BCUT2D eigenvalue weighted by Gasteiger charge is 2.35. The van der Waals surface area contributed by atoms with E-state index in [0.717, 1.165) is 0 Å². The first-order valence-corrected chi connectivity index (χ1v) is 8.34. The van der Waals surface area contributed by atoms with E-state index in [0.29, 0.717) is 51.6 Å². The molecule has 0 spiro atoms. The summed E-state index contributed by atoms with van der Waals surface area (Å²) < 4.78 is 5.59. The van der Waals surface area contributed by atoms with Crippen LogP contribution in [0.3, 0.4) is 0 Å². The second-order valence-corrected chi connectivity index (χ2v) is 6.50. The molecule has 0 saturated carbocycles. The van der Waals surface area contributed by atoms with Crippen LogP contribution in [0.1, 0.15) is 16.8 Å². The van der Waals surface area contributed by atoms with E-state index in [1.807, 2.05) is 0 Å². The molecule has 2 aromatic carbocycles. The molecule has 0 fully saturated rings. The standard InChI is InChI=1S/C17H12Cl3NO3/c18-10-3-5-14-12(8-10)16(22)17(23)21(14)6-1-7-24-15-9-11(19)2-4-13(15)20/h2-5,8-9H,1,6-7H2. The number of rotatable bonds is 5.